The summed E-state index contributed by atoms with van der Waals surface area (Å²) in [4.78, 5) is 4.25. The zero-order valence-electron chi connectivity index (χ0n) is 8.28. The molecule has 0 aliphatic heterocycles. The first-order valence-corrected chi connectivity index (χ1v) is 4.51. The minimum Gasteiger partial charge on any atom is -0.260 e. The summed E-state index contributed by atoms with van der Waals surface area (Å²) < 4.78 is 0. The highest BCUT2D eigenvalue weighted by molar-refractivity contribution is 5.27. The summed E-state index contributed by atoms with van der Waals surface area (Å²) in [5.74, 6) is 1.04. The summed E-state index contributed by atoms with van der Waals surface area (Å²) in [5, 5.41) is 8.59. The van der Waals surface area contributed by atoms with Gasteiger partial charge in [0, 0.05) is 17.8 Å². The van der Waals surface area contributed by atoms with Gasteiger partial charge in [0.05, 0.1) is 5.56 Å². The quantitative estimate of drug-likeness (QED) is 0.691. The highest BCUT2D eigenvalue weighted by Gasteiger charge is 2.10. The van der Waals surface area contributed by atoms with E-state index in [0.717, 1.165) is 5.69 Å². The second-order valence-corrected chi connectivity index (χ2v) is 3.62. The Kier molecular flexibility index (Phi) is 3.02. The van der Waals surface area contributed by atoms with Gasteiger partial charge in [0.2, 0.25) is 0 Å². The van der Waals surface area contributed by atoms with Crippen LogP contribution in [-0.2, 0) is 0 Å². The molecule has 2 heteroatoms. The third-order valence-electron chi connectivity index (χ3n) is 2.38. The summed E-state index contributed by atoms with van der Waals surface area (Å²) >= 11 is 0. The normalized spacial score (nSPS) is 12.5. The molecule has 1 rings (SSSR count). The Labute approximate surface area is 79.2 Å². The fraction of sp³-hybridized carbons (Fsp3) is 0.455. The highest BCUT2D eigenvalue weighted by Crippen LogP contribution is 2.21. The van der Waals surface area contributed by atoms with Gasteiger partial charge in [-0.2, -0.15) is 5.26 Å². The fourth-order valence-corrected chi connectivity index (χ4v) is 1.08. The monoisotopic (exact) mass is 174 g/mol. The molecule has 68 valence electrons. The first kappa shape index (κ1) is 9.73. The van der Waals surface area contributed by atoms with Gasteiger partial charge >= 0.3 is 0 Å². The average molecular weight is 174 g/mol. The molecule has 0 N–H and O–H groups in total. The van der Waals surface area contributed by atoms with Gasteiger partial charge in [-0.15, -0.1) is 0 Å². The van der Waals surface area contributed by atoms with Crippen molar-refractivity contribution in [2.45, 2.75) is 26.7 Å². The van der Waals surface area contributed by atoms with Crippen LogP contribution in [0.25, 0.3) is 0 Å². The largest absolute Gasteiger partial charge is 0.260 e. The molecule has 0 aliphatic carbocycles. The van der Waals surface area contributed by atoms with Gasteiger partial charge in [-0.3, -0.25) is 4.98 Å². The molecule has 0 spiro atoms. The van der Waals surface area contributed by atoms with E-state index < -0.39 is 0 Å². The number of hydrogen-bond acceptors (Lipinski definition) is 2. The van der Waals surface area contributed by atoms with Gasteiger partial charge in [0.1, 0.15) is 6.07 Å². The maximum Gasteiger partial charge on any atom is 0.101 e. The van der Waals surface area contributed by atoms with Crippen molar-refractivity contribution in [2.24, 2.45) is 5.92 Å². The predicted octanol–water partition coefficient (Wildman–Crippen LogP) is 2.71. The molecule has 1 atom stereocenters. The van der Waals surface area contributed by atoms with Gasteiger partial charge in [0.25, 0.3) is 0 Å². The lowest BCUT2D eigenvalue weighted by atomic mass is 9.94. The van der Waals surface area contributed by atoms with Gasteiger partial charge in [-0.05, 0) is 18.1 Å². The van der Waals surface area contributed by atoms with Crippen molar-refractivity contribution >= 4 is 0 Å². The summed E-state index contributed by atoms with van der Waals surface area (Å²) in [6, 6.07) is 5.81. The maximum absolute atomic E-state index is 8.59. The number of aromatic nitrogens is 1. The predicted molar refractivity (Wildman–Crippen MR) is 52.2 cm³/mol. The van der Waals surface area contributed by atoms with E-state index in [1.807, 2.05) is 12.1 Å². The van der Waals surface area contributed by atoms with E-state index in [4.69, 9.17) is 5.26 Å². The van der Waals surface area contributed by atoms with Gasteiger partial charge in [0.15, 0.2) is 0 Å². The van der Waals surface area contributed by atoms with Crippen molar-refractivity contribution in [1.82, 2.24) is 4.98 Å². The van der Waals surface area contributed by atoms with Crippen LogP contribution in [0.1, 0.15) is 37.9 Å². The van der Waals surface area contributed by atoms with Crippen LogP contribution in [0.3, 0.4) is 0 Å². The van der Waals surface area contributed by atoms with Crippen LogP contribution >= 0.6 is 0 Å². The molecule has 1 heterocycles. The Balaban J connectivity index is 2.87. The molecule has 0 saturated heterocycles. The molecule has 0 aliphatic rings. The topological polar surface area (TPSA) is 36.7 Å². The van der Waals surface area contributed by atoms with Crippen molar-refractivity contribution in [2.75, 3.05) is 0 Å². The molecule has 0 aromatic carbocycles. The minimum atomic E-state index is 0.452. The number of rotatable bonds is 2. The van der Waals surface area contributed by atoms with E-state index >= 15 is 0 Å². The SMILES string of the molecule is CC(C)C(C)c1ccc(C#N)cn1. The van der Waals surface area contributed by atoms with E-state index in [2.05, 4.69) is 31.8 Å². The van der Waals surface area contributed by atoms with E-state index in [9.17, 15) is 0 Å². The number of nitrogens with zero attached hydrogens (tertiary/aromatic N) is 2. The van der Waals surface area contributed by atoms with E-state index in [0.29, 0.717) is 17.4 Å². The van der Waals surface area contributed by atoms with Crippen LogP contribution in [0.5, 0.6) is 0 Å². The van der Waals surface area contributed by atoms with E-state index in [1.165, 1.54) is 0 Å². The molecule has 2 nitrogen and oxygen atoms in total. The number of hydrogen-bond donors (Lipinski definition) is 0. The summed E-state index contributed by atoms with van der Waals surface area (Å²) in [6.07, 6.45) is 1.63. The van der Waals surface area contributed by atoms with Crippen LogP contribution in [0.4, 0.5) is 0 Å². The first-order valence-electron chi connectivity index (χ1n) is 4.51. The van der Waals surface area contributed by atoms with Crippen LogP contribution in [-0.4, -0.2) is 4.98 Å². The Morgan fingerprint density at radius 1 is 1.31 bits per heavy atom. The zero-order chi connectivity index (χ0) is 9.84. The zero-order valence-corrected chi connectivity index (χ0v) is 8.28. The summed E-state index contributed by atoms with van der Waals surface area (Å²) in [7, 11) is 0. The molecule has 1 aromatic heterocycles. The molecule has 0 radical (unpaired) electrons. The molecule has 1 aromatic rings. The average Bonchev–Trinajstić information content (AvgIpc) is 2.17. The van der Waals surface area contributed by atoms with Crippen LogP contribution < -0.4 is 0 Å². The second-order valence-electron chi connectivity index (χ2n) is 3.62. The van der Waals surface area contributed by atoms with Crippen molar-refractivity contribution in [3.05, 3.63) is 29.6 Å². The lowest BCUT2D eigenvalue weighted by Crippen LogP contribution is -2.04. The van der Waals surface area contributed by atoms with Gasteiger partial charge < -0.3 is 0 Å². The second kappa shape index (κ2) is 4.04. The number of nitriles is 1. The molecule has 13 heavy (non-hydrogen) atoms. The lowest BCUT2D eigenvalue weighted by Gasteiger charge is -2.14. The van der Waals surface area contributed by atoms with Crippen LogP contribution in [0.2, 0.25) is 0 Å². The molecule has 0 amide bonds. The maximum atomic E-state index is 8.59. The van der Waals surface area contributed by atoms with Gasteiger partial charge in [-0.1, -0.05) is 20.8 Å². The Morgan fingerprint density at radius 2 is 2.00 bits per heavy atom. The minimum absolute atomic E-state index is 0.452. The van der Waals surface area contributed by atoms with Gasteiger partial charge in [-0.25, -0.2) is 0 Å². The molecular formula is C11H14N2. The Morgan fingerprint density at radius 3 is 2.38 bits per heavy atom. The summed E-state index contributed by atoms with van der Waals surface area (Å²) in [5.41, 5.74) is 1.69. The van der Waals surface area contributed by atoms with Crippen molar-refractivity contribution in [3.63, 3.8) is 0 Å². The van der Waals surface area contributed by atoms with E-state index in [1.54, 1.807) is 6.20 Å². The Hall–Kier alpha value is -1.36. The van der Waals surface area contributed by atoms with Crippen molar-refractivity contribution < 1.29 is 0 Å². The molecular weight excluding hydrogens is 160 g/mol. The third kappa shape index (κ3) is 2.29. The smallest absolute Gasteiger partial charge is 0.101 e. The Bertz CT molecular complexity index is 306. The van der Waals surface area contributed by atoms with Crippen LogP contribution in [0, 0.1) is 17.2 Å². The van der Waals surface area contributed by atoms with Crippen LogP contribution in [0.15, 0.2) is 18.3 Å². The molecule has 0 bridgehead atoms. The van der Waals surface area contributed by atoms with Crippen molar-refractivity contribution in [1.29, 1.82) is 5.26 Å². The summed E-state index contributed by atoms with van der Waals surface area (Å²) in [6.45, 7) is 6.49. The standard InChI is InChI=1S/C11H14N2/c1-8(2)9(3)11-5-4-10(6-12)7-13-11/h4-5,7-9H,1-3H3. The fourth-order valence-electron chi connectivity index (χ4n) is 1.08. The number of pyridine rings is 1. The van der Waals surface area contributed by atoms with E-state index in [-0.39, 0.29) is 0 Å². The molecule has 1 unspecified atom stereocenters. The first-order chi connectivity index (χ1) is 6.15. The molecule has 0 saturated carbocycles. The lowest BCUT2D eigenvalue weighted by molar-refractivity contribution is 0.523. The highest BCUT2D eigenvalue weighted by atomic mass is 14.7. The van der Waals surface area contributed by atoms with Crippen molar-refractivity contribution in [3.8, 4) is 6.07 Å². The third-order valence-corrected chi connectivity index (χ3v) is 2.38. The molecule has 0 fully saturated rings.